The average Bonchev–Trinajstić information content (AvgIpc) is 2.09. The van der Waals surface area contributed by atoms with Crippen LogP contribution in [0.2, 0.25) is 5.02 Å². The molecule has 1 rings (SSSR count). The smallest absolute Gasteiger partial charge is 0.0727 e. The molecule has 0 N–H and O–H groups in total. The van der Waals surface area contributed by atoms with Crippen molar-refractivity contribution in [1.29, 1.82) is 0 Å². The maximum Gasteiger partial charge on any atom is 0.0727 e. The number of methoxy groups -OCH3 is 1. The quantitative estimate of drug-likeness (QED) is 0.702. The molecule has 0 amide bonds. The van der Waals surface area contributed by atoms with Crippen LogP contribution < -0.4 is 0 Å². The zero-order valence-electron chi connectivity index (χ0n) is 7.43. The summed E-state index contributed by atoms with van der Waals surface area (Å²) in [5, 5.41) is 0.786. The van der Waals surface area contributed by atoms with Gasteiger partial charge < -0.3 is 4.74 Å². The first-order valence-corrected chi connectivity index (χ1v) is 4.42. The zero-order valence-corrected chi connectivity index (χ0v) is 8.19. The molecular weight excluding hydrogens is 172 g/mol. The molecular formula is C10H13ClO. The van der Waals surface area contributed by atoms with Gasteiger partial charge >= 0.3 is 0 Å². The van der Waals surface area contributed by atoms with Crippen molar-refractivity contribution in [3.63, 3.8) is 0 Å². The third kappa shape index (κ3) is 2.23. The normalized spacial score (nSPS) is 10.2. The fraction of sp³-hybridized carbons (Fsp3) is 0.400. The van der Waals surface area contributed by atoms with Crippen molar-refractivity contribution in [3.8, 4) is 0 Å². The summed E-state index contributed by atoms with van der Waals surface area (Å²) in [6.07, 6.45) is 1.04. The lowest BCUT2D eigenvalue weighted by atomic mass is 10.1. The molecule has 1 aromatic carbocycles. The summed E-state index contributed by atoms with van der Waals surface area (Å²) in [7, 11) is 1.68. The minimum Gasteiger partial charge on any atom is -0.380 e. The van der Waals surface area contributed by atoms with Gasteiger partial charge in [-0.05, 0) is 23.6 Å². The molecule has 0 saturated carbocycles. The number of aryl methyl sites for hydroxylation is 1. The first-order chi connectivity index (χ1) is 5.77. The fourth-order valence-corrected chi connectivity index (χ4v) is 1.29. The molecule has 66 valence electrons. The maximum atomic E-state index is 5.95. The Morgan fingerprint density at radius 1 is 1.42 bits per heavy atom. The van der Waals surface area contributed by atoms with Crippen LogP contribution in [-0.2, 0) is 17.8 Å². The van der Waals surface area contributed by atoms with E-state index in [1.54, 1.807) is 7.11 Å². The highest BCUT2D eigenvalue weighted by molar-refractivity contribution is 6.31. The average molecular weight is 185 g/mol. The summed E-state index contributed by atoms with van der Waals surface area (Å²) in [4.78, 5) is 0. The van der Waals surface area contributed by atoms with E-state index in [0.29, 0.717) is 6.61 Å². The van der Waals surface area contributed by atoms with Crippen LogP contribution in [0.4, 0.5) is 0 Å². The Bertz CT molecular complexity index is 258. The van der Waals surface area contributed by atoms with Gasteiger partial charge in [0.25, 0.3) is 0 Å². The highest BCUT2D eigenvalue weighted by Crippen LogP contribution is 2.18. The predicted molar refractivity (Wildman–Crippen MR) is 51.5 cm³/mol. The molecule has 0 saturated heterocycles. The van der Waals surface area contributed by atoms with Crippen LogP contribution in [0.5, 0.6) is 0 Å². The lowest BCUT2D eigenvalue weighted by molar-refractivity contribution is 0.185. The standard InChI is InChI=1S/C10H13ClO/c1-3-8-4-5-10(11)9(6-8)7-12-2/h4-6H,3,7H2,1-2H3. The number of halogens is 1. The summed E-state index contributed by atoms with van der Waals surface area (Å²) in [5.74, 6) is 0. The Hall–Kier alpha value is -0.530. The molecule has 1 nitrogen and oxygen atoms in total. The van der Waals surface area contributed by atoms with Gasteiger partial charge in [0.1, 0.15) is 0 Å². The van der Waals surface area contributed by atoms with Crippen LogP contribution in [0.3, 0.4) is 0 Å². The van der Waals surface area contributed by atoms with Gasteiger partial charge in [0.2, 0.25) is 0 Å². The summed E-state index contributed by atoms with van der Waals surface area (Å²) in [6.45, 7) is 2.71. The van der Waals surface area contributed by atoms with E-state index >= 15 is 0 Å². The Labute approximate surface area is 78.3 Å². The van der Waals surface area contributed by atoms with Crippen molar-refractivity contribution < 1.29 is 4.74 Å². The number of hydrogen-bond acceptors (Lipinski definition) is 1. The van der Waals surface area contributed by atoms with E-state index in [4.69, 9.17) is 16.3 Å². The Balaban J connectivity index is 2.91. The van der Waals surface area contributed by atoms with Crippen molar-refractivity contribution in [3.05, 3.63) is 34.3 Å². The second-order valence-corrected chi connectivity index (χ2v) is 3.12. The summed E-state index contributed by atoms with van der Waals surface area (Å²) >= 11 is 5.95. The molecule has 0 radical (unpaired) electrons. The van der Waals surface area contributed by atoms with E-state index in [2.05, 4.69) is 13.0 Å². The predicted octanol–water partition coefficient (Wildman–Crippen LogP) is 3.05. The monoisotopic (exact) mass is 184 g/mol. The highest BCUT2D eigenvalue weighted by Gasteiger charge is 1.99. The summed E-state index contributed by atoms with van der Waals surface area (Å²) in [5.41, 5.74) is 2.37. The second-order valence-electron chi connectivity index (χ2n) is 2.71. The molecule has 0 aliphatic rings. The molecule has 2 heteroatoms. The summed E-state index contributed by atoms with van der Waals surface area (Å²) < 4.78 is 5.02. The van der Waals surface area contributed by atoms with Gasteiger partial charge in [-0.1, -0.05) is 30.7 Å². The minimum absolute atomic E-state index is 0.590. The van der Waals surface area contributed by atoms with Gasteiger partial charge in [-0.25, -0.2) is 0 Å². The third-order valence-corrected chi connectivity index (χ3v) is 2.19. The van der Waals surface area contributed by atoms with Crippen LogP contribution in [0.25, 0.3) is 0 Å². The van der Waals surface area contributed by atoms with Crippen molar-refractivity contribution in [2.24, 2.45) is 0 Å². The van der Waals surface area contributed by atoms with Crippen molar-refractivity contribution in [2.75, 3.05) is 7.11 Å². The number of rotatable bonds is 3. The molecule has 0 aliphatic heterocycles. The highest BCUT2D eigenvalue weighted by atomic mass is 35.5. The van der Waals surface area contributed by atoms with E-state index in [1.807, 2.05) is 12.1 Å². The molecule has 0 aliphatic carbocycles. The van der Waals surface area contributed by atoms with Crippen LogP contribution in [0.15, 0.2) is 18.2 Å². The third-order valence-electron chi connectivity index (χ3n) is 1.82. The second kappa shape index (κ2) is 4.48. The molecule has 0 heterocycles. The first-order valence-electron chi connectivity index (χ1n) is 4.04. The zero-order chi connectivity index (χ0) is 8.97. The lowest BCUT2D eigenvalue weighted by Crippen LogP contribution is -1.90. The molecule has 0 bridgehead atoms. The number of benzene rings is 1. The van der Waals surface area contributed by atoms with E-state index < -0.39 is 0 Å². The van der Waals surface area contributed by atoms with Gasteiger partial charge in [0.05, 0.1) is 6.61 Å². The van der Waals surface area contributed by atoms with E-state index in [0.717, 1.165) is 17.0 Å². The van der Waals surface area contributed by atoms with Gasteiger partial charge in [0, 0.05) is 12.1 Å². The van der Waals surface area contributed by atoms with E-state index in [-0.39, 0.29) is 0 Å². The van der Waals surface area contributed by atoms with Crippen molar-refractivity contribution in [2.45, 2.75) is 20.0 Å². The Morgan fingerprint density at radius 2 is 2.17 bits per heavy atom. The fourth-order valence-electron chi connectivity index (χ4n) is 1.11. The van der Waals surface area contributed by atoms with Crippen LogP contribution in [-0.4, -0.2) is 7.11 Å². The molecule has 0 unspecified atom stereocenters. The summed E-state index contributed by atoms with van der Waals surface area (Å²) in [6, 6.07) is 6.06. The van der Waals surface area contributed by atoms with E-state index in [1.165, 1.54) is 5.56 Å². The van der Waals surface area contributed by atoms with Crippen LogP contribution >= 0.6 is 11.6 Å². The van der Waals surface area contributed by atoms with Crippen molar-refractivity contribution in [1.82, 2.24) is 0 Å². The number of ether oxygens (including phenoxy) is 1. The van der Waals surface area contributed by atoms with Crippen LogP contribution in [0.1, 0.15) is 18.1 Å². The molecule has 0 aromatic heterocycles. The minimum atomic E-state index is 0.590. The topological polar surface area (TPSA) is 9.23 Å². The first kappa shape index (κ1) is 9.56. The van der Waals surface area contributed by atoms with Gasteiger partial charge in [-0.3, -0.25) is 0 Å². The molecule has 0 fully saturated rings. The SMILES string of the molecule is CCc1ccc(Cl)c(COC)c1. The number of hydrogen-bond donors (Lipinski definition) is 0. The van der Waals surface area contributed by atoms with Gasteiger partial charge in [-0.15, -0.1) is 0 Å². The maximum absolute atomic E-state index is 5.95. The molecule has 12 heavy (non-hydrogen) atoms. The Kier molecular flexibility index (Phi) is 3.57. The molecule has 0 spiro atoms. The largest absolute Gasteiger partial charge is 0.380 e. The lowest BCUT2D eigenvalue weighted by Gasteiger charge is -2.04. The van der Waals surface area contributed by atoms with Gasteiger partial charge in [-0.2, -0.15) is 0 Å². The van der Waals surface area contributed by atoms with Gasteiger partial charge in [0.15, 0.2) is 0 Å². The molecule has 1 aromatic rings. The molecule has 0 atom stereocenters. The van der Waals surface area contributed by atoms with E-state index in [9.17, 15) is 0 Å². The van der Waals surface area contributed by atoms with Crippen LogP contribution in [0, 0.1) is 0 Å². The van der Waals surface area contributed by atoms with Crippen molar-refractivity contribution >= 4 is 11.6 Å². The Morgan fingerprint density at radius 3 is 2.75 bits per heavy atom.